The van der Waals surface area contributed by atoms with Crippen LogP contribution in [0.4, 0.5) is 5.82 Å². The van der Waals surface area contributed by atoms with Crippen molar-refractivity contribution >= 4 is 17.6 Å². The highest BCUT2D eigenvalue weighted by atomic mass is 16.6. The lowest BCUT2D eigenvalue weighted by molar-refractivity contribution is -0.134. The molecule has 6 N–H and O–H groups in total. The zero-order chi connectivity index (χ0) is 17.4. The number of aliphatic hydroxyl groups is 3. The minimum atomic E-state index is -1.28. The van der Waals surface area contributed by atoms with Crippen LogP contribution in [0.15, 0.2) is 23.2 Å². The van der Waals surface area contributed by atoms with Gasteiger partial charge in [-0.1, -0.05) is 0 Å². The standard InChI is InChI=1S/C13H17N5O6/c1-23-7(20)2-6-16-11(14)8-12(17-6)18(4-15-8)13-10(22)9(21)5(3-19)24-13/h2,4-5,9-10,13,17,19,21-22H,3H2,1H3,(H2,14,16)/t5-,9?,10?,13-/m1/s1. The van der Waals surface area contributed by atoms with Crippen LogP contribution < -0.4 is 11.1 Å². The van der Waals surface area contributed by atoms with Crippen LogP contribution in [0.2, 0.25) is 0 Å². The number of ether oxygens (including phenoxy) is 2. The van der Waals surface area contributed by atoms with E-state index in [1.54, 1.807) is 0 Å². The quantitative estimate of drug-likeness (QED) is 0.299. The molecule has 1 saturated heterocycles. The van der Waals surface area contributed by atoms with Crippen LogP contribution in [0.25, 0.3) is 0 Å². The van der Waals surface area contributed by atoms with Gasteiger partial charge in [-0.05, 0) is 0 Å². The Morgan fingerprint density at radius 1 is 1.54 bits per heavy atom. The van der Waals surface area contributed by atoms with E-state index in [2.05, 4.69) is 20.0 Å². The summed E-state index contributed by atoms with van der Waals surface area (Å²) in [5.74, 6) is -0.117. The van der Waals surface area contributed by atoms with Gasteiger partial charge in [0.05, 0.1) is 26.1 Å². The van der Waals surface area contributed by atoms with Crippen LogP contribution in [0, 0.1) is 0 Å². The van der Waals surface area contributed by atoms with Crippen LogP contribution in [0.5, 0.6) is 0 Å². The maximum atomic E-state index is 11.4. The molecular weight excluding hydrogens is 322 g/mol. The molecule has 2 unspecified atom stereocenters. The van der Waals surface area contributed by atoms with Gasteiger partial charge < -0.3 is 35.8 Å². The van der Waals surface area contributed by atoms with Crippen LogP contribution >= 0.6 is 0 Å². The average Bonchev–Trinajstić information content (AvgIpc) is 3.10. The van der Waals surface area contributed by atoms with Crippen molar-refractivity contribution in [3.8, 4) is 0 Å². The van der Waals surface area contributed by atoms with E-state index in [0.717, 1.165) is 6.08 Å². The number of aliphatic hydroxyl groups excluding tert-OH is 3. The Balaban J connectivity index is 1.95. The molecule has 2 aliphatic heterocycles. The summed E-state index contributed by atoms with van der Waals surface area (Å²) in [5, 5.41) is 32.0. The number of imidazole rings is 1. The number of hydrogen-bond acceptors (Lipinski definition) is 10. The Labute approximate surface area is 136 Å². The second-order valence-corrected chi connectivity index (χ2v) is 5.25. The lowest BCUT2D eigenvalue weighted by Gasteiger charge is -2.22. The predicted molar refractivity (Wildman–Crippen MR) is 79.7 cm³/mol. The molecule has 0 radical (unpaired) electrons. The van der Waals surface area contributed by atoms with Crippen LogP contribution in [-0.4, -0.2) is 68.7 Å². The number of rotatable bonds is 3. The smallest absolute Gasteiger partial charge is 0.334 e. The Bertz CT molecular complexity index is 714. The first-order valence-corrected chi connectivity index (χ1v) is 7.06. The zero-order valence-electron chi connectivity index (χ0n) is 12.7. The van der Waals surface area contributed by atoms with Gasteiger partial charge in [0.1, 0.15) is 35.6 Å². The summed E-state index contributed by atoms with van der Waals surface area (Å²) in [6, 6.07) is 0. The number of esters is 1. The van der Waals surface area contributed by atoms with Crippen LogP contribution in [-0.2, 0) is 14.3 Å². The minimum absolute atomic E-state index is 0.0596. The highest BCUT2D eigenvalue weighted by Crippen LogP contribution is 2.34. The number of amidine groups is 1. The van der Waals surface area contributed by atoms with Gasteiger partial charge in [-0.15, -0.1) is 0 Å². The van der Waals surface area contributed by atoms with Gasteiger partial charge in [-0.2, -0.15) is 0 Å². The second kappa shape index (κ2) is 6.20. The fourth-order valence-corrected chi connectivity index (χ4v) is 2.55. The number of anilines is 1. The van der Waals surface area contributed by atoms with Crippen molar-refractivity contribution in [2.24, 2.45) is 10.7 Å². The number of nitrogens with zero attached hydrogens (tertiary/aromatic N) is 3. The molecule has 0 saturated carbocycles. The van der Waals surface area contributed by atoms with Crippen molar-refractivity contribution < 1.29 is 29.6 Å². The van der Waals surface area contributed by atoms with E-state index < -0.39 is 37.1 Å². The van der Waals surface area contributed by atoms with Gasteiger partial charge in [-0.3, -0.25) is 4.57 Å². The molecule has 0 aromatic carbocycles. The lowest BCUT2D eigenvalue weighted by Crippen LogP contribution is -2.33. The molecule has 0 amide bonds. The summed E-state index contributed by atoms with van der Waals surface area (Å²) in [6.45, 7) is -0.448. The van der Waals surface area contributed by atoms with Crippen molar-refractivity contribution in [3.63, 3.8) is 0 Å². The van der Waals surface area contributed by atoms with Gasteiger partial charge in [0.2, 0.25) is 0 Å². The summed E-state index contributed by atoms with van der Waals surface area (Å²) in [4.78, 5) is 19.4. The molecule has 24 heavy (non-hydrogen) atoms. The molecular formula is C13H17N5O6. The molecule has 11 heteroatoms. The topological polar surface area (TPSA) is 164 Å². The maximum absolute atomic E-state index is 11.4. The van der Waals surface area contributed by atoms with Gasteiger partial charge in [0.15, 0.2) is 12.1 Å². The number of carbonyl (C=O) groups is 1. The Morgan fingerprint density at radius 2 is 2.29 bits per heavy atom. The van der Waals surface area contributed by atoms with E-state index in [0.29, 0.717) is 11.5 Å². The minimum Gasteiger partial charge on any atom is -0.466 e. The highest BCUT2D eigenvalue weighted by molar-refractivity contribution is 6.03. The van der Waals surface area contributed by atoms with Gasteiger partial charge in [-0.25, -0.2) is 14.8 Å². The summed E-state index contributed by atoms with van der Waals surface area (Å²) < 4.78 is 11.4. The molecule has 0 aliphatic carbocycles. The van der Waals surface area contributed by atoms with Crippen LogP contribution in [0.1, 0.15) is 11.9 Å². The first-order chi connectivity index (χ1) is 11.5. The van der Waals surface area contributed by atoms with Gasteiger partial charge in [0.25, 0.3) is 0 Å². The fourth-order valence-electron chi connectivity index (χ4n) is 2.55. The molecule has 1 aromatic rings. The molecule has 11 nitrogen and oxygen atoms in total. The Kier molecular flexibility index (Phi) is 4.24. The normalized spacial score (nSPS) is 30.7. The number of aromatic nitrogens is 2. The molecule has 1 aromatic heterocycles. The number of methoxy groups -OCH3 is 1. The van der Waals surface area contributed by atoms with Crippen LogP contribution in [0.3, 0.4) is 0 Å². The van der Waals surface area contributed by atoms with Crippen molar-refractivity contribution in [1.82, 2.24) is 9.55 Å². The number of nitrogens with one attached hydrogen (secondary N) is 1. The molecule has 0 bridgehead atoms. The SMILES string of the molecule is COC(=O)C=C1N=C(N)c2ncn([C@@H]3O[C@H](CO)C(O)C3O)c2N1. The largest absolute Gasteiger partial charge is 0.466 e. The second-order valence-electron chi connectivity index (χ2n) is 5.25. The average molecular weight is 339 g/mol. The van der Waals surface area contributed by atoms with E-state index >= 15 is 0 Å². The van der Waals surface area contributed by atoms with E-state index in [1.807, 2.05) is 0 Å². The monoisotopic (exact) mass is 339 g/mol. The number of fused-ring (bicyclic) bond motifs is 1. The Morgan fingerprint density at radius 3 is 2.92 bits per heavy atom. The van der Waals surface area contributed by atoms with Crippen molar-refractivity contribution in [2.75, 3.05) is 19.0 Å². The lowest BCUT2D eigenvalue weighted by atomic mass is 10.1. The number of hydrogen-bond donors (Lipinski definition) is 5. The number of carbonyl (C=O) groups excluding carboxylic acids is 1. The molecule has 130 valence electrons. The maximum Gasteiger partial charge on any atom is 0.334 e. The third-order valence-corrected chi connectivity index (χ3v) is 3.77. The van der Waals surface area contributed by atoms with E-state index in [-0.39, 0.29) is 11.7 Å². The van der Waals surface area contributed by atoms with Crippen molar-refractivity contribution in [3.05, 3.63) is 23.9 Å². The summed E-state index contributed by atoms with van der Waals surface area (Å²) in [7, 11) is 1.23. The van der Waals surface area contributed by atoms with Crippen molar-refractivity contribution in [1.29, 1.82) is 0 Å². The van der Waals surface area contributed by atoms with Crippen molar-refractivity contribution in [2.45, 2.75) is 24.5 Å². The molecule has 3 rings (SSSR count). The third-order valence-electron chi connectivity index (χ3n) is 3.77. The molecule has 2 aliphatic rings. The Hall–Kier alpha value is -2.47. The summed E-state index contributed by atoms with van der Waals surface area (Å²) >= 11 is 0. The summed E-state index contributed by atoms with van der Waals surface area (Å²) in [5.41, 5.74) is 6.13. The molecule has 4 atom stereocenters. The first kappa shape index (κ1) is 16.4. The van der Waals surface area contributed by atoms with Gasteiger partial charge in [0, 0.05) is 0 Å². The molecule has 1 fully saturated rings. The predicted octanol–water partition coefficient (Wildman–Crippen LogP) is -2.36. The molecule has 0 spiro atoms. The summed E-state index contributed by atoms with van der Waals surface area (Å²) in [6.07, 6.45) is -2.01. The zero-order valence-corrected chi connectivity index (χ0v) is 12.7. The van der Waals surface area contributed by atoms with E-state index in [9.17, 15) is 20.1 Å². The fraction of sp³-hybridized carbons (Fsp3) is 0.462. The van der Waals surface area contributed by atoms with E-state index in [1.165, 1.54) is 18.0 Å². The first-order valence-electron chi connectivity index (χ1n) is 7.06. The molecule has 3 heterocycles. The van der Waals surface area contributed by atoms with E-state index in [4.69, 9.17) is 10.5 Å². The van der Waals surface area contributed by atoms with Gasteiger partial charge >= 0.3 is 5.97 Å². The number of aliphatic imine (C=N–C) groups is 1. The third kappa shape index (κ3) is 2.63. The number of nitrogens with two attached hydrogens (primary N) is 1. The highest BCUT2D eigenvalue weighted by Gasteiger charge is 2.44.